The molecule has 8 nitrogen and oxygen atoms in total. The molecule has 0 aromatic heterocycles. The Morgan fingerprint density at radius 2 is 2.26 bits per heavy atom. The van der Waals surface area contributed by atoms with Crippen LogP contribution in [0.15, 0.2) is 10.6 Å². The molecular formula is C10H11N2O6S-. The van der Waals surface area contributed by atoms with Gasteiger partial charge in [-0.2, -0.15) is 0 Å². The second-order valence-electron chi connectivity index (χ2n) is 4.15. The van der Waals surface area contributed by atoms with E-state index in [1.54, 1.807) is 0 Å². The van der Waals surface area contributed by atoms with Gasteiger partial charge in [-0.15, -0.1) is 0 Å². The van der Waals surface area contributed by atoms with Crippen molar-refractivity contribution in [2.45, 2.75) is 18.4 Å². The average molecular weight is 287 g/mol. The van der Waals surface area contributed by atoms with Crippen LogP contribution in [0.5, 0.6) is 0 Å². The largest absolute Gasteiger partial charge is 0.543 e. The van der Waals surface area contributed by atoms with E-state index in [0.29, 0.717) is 0 Å². The Bertz CT molecular complexity index is 488. The first-order chi connectivity index (χ1) is 8.84. The number of fused-ring (bicyclic) bond motifs is 1. The number of amides is 2. The Hall–Kier alpha value is -1.74. The van der Waals surface area contributed by atoms with Crippen molar-refractivity contribution in [1.29, 1.82) is 0 Å². The van der Waals surface area contributed by atoms with Gasteiger partial charge in [-0.05, 0) is 6.92 Å². The van der Waals surface area contributed by atoms with E-state index in [4.69, 9.17) is 5.73 Å². The number of ether oxygens (including phenoxy) is 1. The quantitative estimate of drug-likeness (QED) is 0.569. The van der Waals surface area contributed by atoms with E-state index in [0.717, 1.165) is 16.7 Å². The van der Waals surface area contributed by atoms with E-state index in [9.17, 15) is 24.6 Å². The van der Waals surface area contributed by atoms with Gasteiger partial charge in [-0.25, -0.2) is 4.79 Å². The van der Waals surface area contributed by atoms with Crippen LogP contribution in [0.4, 0.5) is 4.79 Å². The monoisotopic (exact) mass is 287 g/mol. The van der Waals surface area contributed by atoms with Crippen LogP contribution in [0.25, 0.3) is 0 Å². The molecule has 0 saturated carbocycles. The summed E-state index contributed by atoms with van der Waals surface area (Å²) in [5, 5.41) is 20.0. The Kier molecular flexibility index (Phi) is 3.42. The lowest BCUT2D eigenvalue weighted by atomic mass is 9.92. The number of nitrogens with zero attached hydrogens (tertiary/aromatic N) is 1. The van der Waals surface area contributed by atoms with Crippen LogP contribution in [0.3, 0.4) is 0 Å². The topological polar surface area (TPSA) is 133 Å². The fourth-order valence-electron chi connectivity index (χ4n) is 2.08. The molecule has 3 N–H and O–H groups in total. The second-order valence-corrected chi connectivity index (χ2v) is 5.36. The smallest absolute Gasteiger partial charge is 0.404 e. The van der Waals surface area contributed by atoms with Crippen LogP contribution in [-0.4, -0.2) is 46.1 Å². The molecule has 2 aliphatic heterocycles. The molecule has 104 valence electrons. The van der Waals surface area contributed by atoms with Gasteiger partial charge in [0, 0.05) is 0 Å². The number of aliphatic hydroxyl groups is 1. The summed E-state index contributed by atoms with van der Waals surface area (Å²) in [7, 11) is 0. The minimum Gasteiger partial charge on any atom is -0.543 e. The first kappa shape index (κ1) is 13.7. The number of primary amides is 1. The average Bonchev–Trinajstić information content (AvgIpc) is 2.60. The molecule has 0 bridgehead atoms. The van der Waals surface area contributed by atoms with Gasteiger partial charge >= 0.3 is 6.09 Å². The van der Waals surface area contributed by atoms with Crippen molar-refractivity contribution in [3.63, 3.8) is 0 Å². The Morgan fingerprint density at radius 1 is 1.63 bits per heavy atom. The maximum atomic E-state index is 11.8. The van der Waals surface area contributed by atoms with Crippen LogP contribution in [-0.2, 0) is 14.3 Å². The highest BCUT2D eigenvalue weighted by Gasteiger charge is 2.56. The second kappa shape index (κ2) is 4.74. The van der Waals surface area contributed by atoms with E-state index in [2.05, 4.69) is 4.74 Å². The zero-order chi connectivity index (χ0) is 14.3. The summed E-state index contributed by atoms with van der Waals surface area (Å²) in [6.07, 6.45) is -1.93. The minimum atomic E-state index is -1.53. The highest BCUT2D eigenvalue weighted by molar-refractivity contribution is 8.04. The fraction of sp³-hybridized carbons (Fsp3) is 0.500. The van der Waals surface area contributed by atoms with E-state index in [-0.39, 0.29) is 17.2 Å². The fourth-order valence-corrected chi connectivity index (χ4v) is 3.60. The maximum Gasteiger partial charge on any atom is 0.404 e. The molecule has 1 saturated heterocycles. The number of carbonyl (C=O) groups is 3. The lowest BCUT2D eigenvalue weighted by Gasteiger charge is -2.44. The molecule has 2 amide bonds. The molecule has 19 heavy (non-hydrogen) atoms. The lowest BCUT2D eigenvalue weighted by molar-refractivity contribution is -0.301. The van der Waals surface area contributed by atoms with Crippen molar-refractivity contribution in [2.75, 3.05) is 6.61 Å². The molecule has 1 fully saturated rings. The summed E-state index contributed by atoms with van der Waals surface area (Å²) in [4.78, 5) is 34.6. The van der Waals surface area contributed by atoms with Crippen molar-refractivity contribution >= 4 is 29.7 Å². The molecule has 3 atom stereocenters. The van der Waals surface area contributed by atoms with Crippen LogP contribution in [0.2, 0.25) is 0 Å². The van der Waals surface area contributed by atoms with Crippen LogP contribution < -0.4 is 10.8 Å². The van der Waals surface area contributed by atoms with Crippen molar-refractivity contribution in [1.82, 2.24) is 4.90 Å². The molecule has 0 aromatic carbocycles. The number of carboxylic acids is 1. The number of rotatable bonds is 4. The van der Waals surface area contributed by atoms with E-state index < -0.39 is 35.4 Å². The van der Waals surface area contributed by atoms with Gasteiger partial charge in [0.25, 0.3) is 0 Å². The molecular weight excluding hydrogens is 276 g/mol. The molecule has 2 heterocycles. The summed E-state index contributed by atoms with van der Waals surface area (Å²) >= 11 is 1.05. The number of carboxylic acid groups (broad SMARTS) is 1. The van der Waals surface area contributed by atoms with Crippen molar-refractivity contribution in [3.05, 3.63) is 10.6 Å². The molecule has 0 aromatic rings. The van der Waals surface area contributed by atoms with E-state index in [1.807, 2.05) is 0 Å². The molecule has 0 radical (unpaired) electrons. The van der Waals surface area contributed by atoms with Gasteiger partial charge in [0.05, 0.1) is 28.6 Å². The van der Waals surface area contributed by atoms with Gasteiger partial charge in [-0.1, -0.05) is 11.8 Å². The highest BCUT2D eigenvalue weighted by Crippen LogP contribution is 2.49. The zero-order valence-electron chi connectivity index (χ0n) is 9.86. The lowest BCUT2D eigenvalue weighted by Crippen LogP contribution is -2.61. The summed E-state index contributed by atoms with van der Waals surface area (Å²) in [5.74, 6) is -2.69. The van der Waals surface area contributed by atoms with Crippen molar-refractivity contribution < 1.29 is 29.3 Å². The predicted octanol–water partition coefficient (Wildman–Crippen LogP) is -2.04. The number of hydrogen-bond acceptors (Lipinski definition) is 7. The molecule has 0 spiro atoms. The normalized spacial score (nSPS) is 26.8. The summed E-state index contributed by atoms with van der Waals surface area (Å²) in [6, 6.07) is 0. The highest BCUT2D eigenvalue weighted by atomic mass is 32.2. The standard InChI is InChI=1S/C10H12N2O6S/c1-3(13)5-7(14)12-6(9(15)16)4(19-8(5)12)2-18-10(11)17/h3,5,8,13H,2H2,1H3,(H2,11,17)(H,15,16)/p-1/t3-,5+,8-/m1/s1. The summed E-state index contributed by atoms with van der Waals surface area (Å²) in [5.41, 5.74) is 4.48. The Balaban J connectivity index is 2.21. The predicted molar refractivity (Wildman–Crippen MR) is 61.0 cm³/mol. The number of carbonyl (C=O) groups excluding carboxylic acids is 3. The SMILES string of the molecule is C[C@@H](O)[C@H]1C(=O)N2C(C(=O)[O-])=C(COC(N)=O)S[C@H]12. The van der Waals surface area contributed by atoms with E-state index in [1.165, 1.54) is 6.92 Å². The Labute approximate surface area is 112 Å². The van der Waals surface area contributed by atoms with Gasteiger partial charge in [0.1, 0.15) is 12.0 Å². The van der Waals surface area contributed by atoms with Crippen LogP contribution in [0.1, 0.15) is 6.92 Å². The number of aliphatic carboxylic acids is 1. The van der Waals surface area contributed by atoms with E-state index >= 15 is 0 Å². The van der Waals surface area contributed by atoms with Crippen molar-refractivity contribution in [2.24, 2.45) is 11.7 Å². The zero-order valence-corrected chi connectivity index (χ0v) is 10.7. The van der Waals surface area contributed by atoms with Gasteiger partial charge in [0.2, 0.25) is 5.91 Å². The number of thioether (sulfide) groups is 1. The maximum absolute atomic E-state index is 11.8. The first-order valence-electron chi connectivity index (χ1n) is 5.39. The Morgan fingerprint density at radius 3 is 2.74 bits per heavy atom. The van der Waals surface area contributed by atoms with Crippen molar-refractivity contribution in [3.8, 4) is 0 Å². The molecule has 2 aliphatic rings. The molecule has 9 heteroatoms. The third kappa shape index (κ3) is 2.15. The summed E-state index contributed by atoms with van der Waals surface area (Å²) in [6.45, 7) is 1.12. The number of aliphatic hydroxyl groups excluding tert-OH is 1. The van der Waals surface area contributed by atoms with Gasteiger partial charge < -0.3 is 25.5 Å². The number of nitrogens with two attached hydrogens (primary N) is 1. The third-order valence-corrected chi connectivity index (χ3v) is 4.25. The van der Waals surface area contributed by atoms with Gasteiger partial charge in [0.15, 0.2) is 0 Å². The number of β-lactam (4-membered cyclic amide) rings is 1. The summed E-state index contributed by atoms with van der Waals surface area (Å²) < 4.78 is 4.53. The third-order valence-electron chi connectivity index (χ3n) is 2.91. The first-order valence-corrected chi connectivity index (χ1v) is 6.27. The number of hydrogen-bond donors (Lipinski definition) is 2. The minimum absolute atomic E-state index is 0.181. The molecule has 0 aliphatic carbocycles. The van der Waals surface area contributed by atoms with Crippen LogP contribution >= 0.6 is 11.8 Å². The molecule has 2 rings (SSSR count). The van der Waals surface area contributed by atoms with Gasteiger partial charge in [-0.3, -0.25) is 9.69 Å². The molecule has 0 unspecified atom stereocenters. The van der Waals surface area contributed by atoms with Crippen LogP contribution in [0, 0.1) is 5.92 Å².